The van der Waals surface area contributed by atoms with Gasteiger partial charge in [0.25, 0.3) is 5.91 Å². The van der Waals surface area contributed by atoms with Gasteiger partial charge in [-0.05, 0) is 45.0 Å². The summed E-state index contributed by atoms with van der Waals surface area (Å²) in [5, 5.41) is 0. The molecule has 1 aromatic rings. The van der Waals surface area contributed by atoms with Crippen molar-refractivity contribution in [2.75, 3.05) is 13.1 Å². The Kier molecular flexibility index (Phi) is 5.22. The van der Waals surface area contributed by atoms with E-state index in [1.165, 1.54) is 0 Å². The predicted octanol–water partition coefficient (Wildman–Crippen LogP) is 2.56. The van der Waals surface area contributed by atoms with Gasteiger partial charge in [0, 0.05) is 0 Å². The number of nitrogens with two attached hydrogens (primary N) is 1. The van der Waals surface area contributed by atoms with Gasteiger partial charge in [0.2, 0.25) is 0 Å². The molecule has 1 atom stereocenters. The Balaban J connectivity index is 2.77. The van der Waals surface area contributed by atoms with Crippen LogP contribution >= 0.6 is 0 Å². The highest BCUT2D eigenvalue weighted by Crippen LogP contribution is 2.22. The molecule has 1 rings (SSSR count). The molecule has 0 bridgehead atoms. The second-order valence-electron chi connectivity index (χ2n) is 4.28. The van der Waals surface area contributed by atoms with E-state index in [1.54, 1.807) is 6.07 Å². The minimum absolute atomic E-state index is 0.183. The smallest absolute Gasteiger partial charge is 0.284 e. The first-order chi connectivity index (χ1) is 8.10. The van der Waals surface area contributed by atoms with Gasteiger partial charge in [0.15, 0.2) is 5.76 Å². The van der Waals surface area contributed by atoms with Crippen molar-refractivity contribution in [3.8, 4) is 0 Å². The lowest BCUT2D eigenvalue weighted by Gasteiger charge is -2.26. The minimum Gasteiger partial charge on any atom is -0.454 e. The molecule has 0 saturated carbocycles. The van der Waals surface area contributed by atoms with Crippen LogP contribution in [0, 0.1) is 0 Å². The SMILES string of the molecule is CCCN(CCC)C(C)c1ccc(C(N)=O)o1. The summed E-state index contributed by atoms with van der Waals surface area (Å²) < 4.78 is 5.46. The fraction of sp³-hybridized carbons (Fsp3) is 0.615. The van der Waals surface area contributed by atoms with Crippen molar-refractivity contribution < 1.29 is 9.21 Å². The zero-order valence-corrected chi connectivity index (χ0v) is 10.9. The third kappa shape index (κ3) is 3.60. The zero-order valence-electron chi connectivity index (χ0n) is 10.9. The monoisotopic (exact) mass is 238 g/mol. The van der Waals surface area contributed by atoms with E-state index >= 15 is 0 Å². The molecular formula is C13H22N2O2. The number of hydrogen-bond donors (Lipinski definition) is 1. The summed E-state index contributed by atoms with van der Waals surface area (Å²) >= 11 is 0. The Morgan fingerprint density at radius 1 is 1.35 bits per heavy atom. The molecule has 1 amide bonds. The molecule has 0 aliphatic carbocycles. The third-order valence-electron chi connectivity index (χ3n) is 2.85. The summed E-state index contributed by atoms with van der Waals surface area (Å²) in [7, 11) is 0. The van der Waals surface area contributed by atoms with Crippen molar-refractivity contribution in [2.24, 2.45) is 5.73 Å². The van der Waals surface area contributed by atoms with Gasteiger partial charge in [0.1, 0.15) is 5.76 Å². The van der Waals surface area contributed by atoms with Crippen molar-refractivity contribution in [1.82, 2.24) is 4.90 Å². The number of carbonyl (C=O) groups excluding carboxylic acids is 1. The first-order valence-corrected chi connectivity index (χ1v) is 6.23. The van der Waals surface area contributed by atoms with Crippen LogP contribution in [0.3, 0.4) is 0 Å². The average molecular weight is 238 g/mol. The van der Waals surface area contributed by atoms with Gasteiger partial charge in [0.05, 0.1) is 6.04 Å². The highest BCUT2D eigenvalue weighted by atomic mass is 16.4. The van der Waals surface area contributed by atoms with Crippen LogP contribution in [0.2, 0.25) is 0 Å². The van der Waals surface area contributed by atoms with Crippen molar-refractivity contribution in [3.63, 3.8) is 0 Å². The maximum Gasteiger partial charge on any atom is 0.284 e. The van der Waals surface area contributed by atoms with E-state index in [2.05, 4.69) is 25.7 Å². The molecule has 2 N–H and O–H groups in total. The number of nitrogens with zero attached hydrogens (tertiary/aromatic N) is 1. The van der Waals surface area contributed by atoms with E-state index in [0.717, 1.165) is 31.7 Å². The summed E-state index contributed by atoms with van der Waals surface area (Å²) in [6, 6.07) is 3.66. The standard InChI is InChI=1S/C13H22N2O2/c1-4-8-15(9-5-2)10(3)11-6-7-12(17-11)13(14)16/h6-7,10H,4-5,8-9H2,1-3H3,(H2,14,16). The first kappa shape index (κ1) is 13.8. The summed E-state index contributed by atoms with van der Waals surface area (Å²) in [6.45, 7) is 8.47. The highest BCUT2D eigenvalue weighted by Gasteiger charge is 2.18. The molecule has 1 heterocycles. The summed E-state index contributed by atoms with van der Waals surface area (Å²) in [5.74, 6) is 0.529. The lowest BCUT2D eigenvalue weighted by atomic mass is 10.2. The van der Waals surface area contributed by atoms with Gasteiger partial charge >= 0.3 is 0 Å². The van der Waals surface area contributed by atoms with Crippen molar-refractivity contribution in [2.45, 2.75) is 39.7 Å². The topological polar surface area (TPSA) is 59.5 Å². The van der Waals surface area contributed by atoms with E-state index in [-0.39, 0.29) is 11.8 Å². The Morgan fingerprint density at radius 2 is 1.94 bits per heavy atom. The van der Waals surface area contributed by atoms with Crippen LogP contribution in [-0.2, 0) is 0 Å². The van der Waals surface area contributed by atoms with E-state index in [0.29, 0.717) is 0 Å². The lowest BCUT2D eigenvalue weighted by molar-refractivity contribution is 0.0966. The molecule has 0 aliphatic heterocycles. The van der Waals surface area contributed by atoms with Crippen LogP contribution in [0.5, 0.6) is 0 Å². The predicted molar refractivity (Wildman–Crippen MR) is 67.8 cm³/mol. The molecule has 4 heteroatoms. The fourth-order valence-corrected chi connectivity index (χ4v) is 1.96. The number of hydrogen-bond acceptors (Lipinski definition) is 3. The molecule has 0 radical (unpaired) electrons. The van der Waals surface area contributed by atoms with Crippen molar-refractivity contribution >= 4 is 5.91 Å². The number of carbonyl (C=O) groups is 1. The average Bonchev–Trinajstić information content (AvgIpc) is 2.77. The highest BCUT2D eigenvalue weighted by molar-refractivity contribution is 5.89. The van der Waals surface area contributed by atoms with E-state index in [9.17, 15) is 4.79 Å². The molecule has 0 fully saturated rings. The van der Waals surface area contributed by atoms with Crippen LogP contribution in [0.15, 0.2) is 16.5 Å². The molecule has 4 nitrogen and oxygen atoms in total. The minimum atomic E-state index is -0.513. The molecule has 1 unspecified atom stereocenters. The number of amides is 1. The third-order valence-corrected chi connectivity index (χ3v) is 2.85. The molecule has 1 aromatic heterocycles. The van der Waals surface area contributed by atoms with Crippen LogP contribution < -0.4 is 5.73 Å². The van der Waals surface area contributed by atoms with Crippen molar-refractivity contribution in [3.05, 3.63) is 23.7 Å². The summed E-state index contributed by atoms with van der Waals surface area (Å²) in [5.41, 5.74) is 5.17. The Bertz CT molecular complexity index is 354. The second-order valence-corrected chi connectivity index (χ2v) is 4.28. The molecule has 0 aromatic carbocycles. The van der Waals surface area contributed by atoms with Gasteiger partial charge in [-0.25, -0.2) is 0 Å². The molecule has 96 valence electrons. The van der Waals surface area contributed by atoms with Crippen LogP contribution in [0.4, 0.5) is 0 Å². The van der Waals surface area contributed by atoms with Crippen LogP contribution in [0.25, 0.3) is 0 Å². The zero-order chi connectivity index (χ0) is 12.8. The molecule has 0 aliphatic rings. The number of furan rings is 1. The normalized spacial score (nSPS) is 12.9. The van der Waals surface area contributed by atoms with Gasteiger partial charge in [-0.3, -0.25) is 9.69 Å². The fourth-order valence-electron chi connectivity index (χ4n) is 1.96. The van der Waals surface area contributed by atoms with Gasteiger partial charge in [-0.2, -0.15) is 0 Å². The quantitative estimate of drug-likeness (QED) is 0.794. The molecule has 0 spiro atoms. The molecular weight excluding hydrogens is 216 g/mol. The van der Waals surface area contributed by atoms with Crippen LogP contribution in [-0.4, -0.2) is 23.9 Å². The maximum atomic E-state index is 11.0. The summed E-state index contributed by atoms with van der Waals surface area (Å²) in [6.07, 6.45) is 2.21. The number of primary amides is 1. The van der Waals surface area contributed by atoms with Gasteiger partial charge < -0.3 is 10.2 Å². The largest absolute Gasteiger partial charge is 0.454 e. The Hall–Kier alpha value is -1.29. The molecule has 17 heavy (non-hydrogen) atoms. The van der Waals surface area contributed by atoms with Crippen LogP contribution in [0.1, 0.15) is 56.0 Å². The van der Waals surface area contributed by atoms with E-state index in [4.69, 9.17) is 10.2 Å². The molecule has 0 saturated heterocycles. The number of rotatable bonds is 7. The van der Waals surface area contributed by atoms with E-state index < -0.39 is 5.91 Å². The van der Waals surface area contributed by atoms with Gasteiger partial charge in [-0.15, -0.1) is 0 Å². The van der Waals surface area contributed by atoms with Crippen molar-refractivity contribution in [1.29, 1.82) is 0 Å². The lowest BCUT2D eigenvalue weighted by Crippen LogP contribution is -2.28. The Morgan fingerprint density at radius 3 is 2.35 bits per heavy atom. The second kappa shape index (κ2) is 6.45. The maximum absolute atomic E-state index is 11.0. The summed E-state index contributed by atoms with van der Waals surface area (Å²) in [4.78, 5) is 13.3. The van der Waals surface area contributed by atoms with E-state index in [1.807, 2.05) is 6.07 Å². The van der Waals surface area contributed by atoms with Gasteiger partial charge in [-0.1, -0.05) is 13.8 Å². The Labute approximate surface area is 103 Å². The first-order valence-electron chi connectivity index (χ1n) is 6.23.